The molecule has 3 aromatic rings. The lowest BCUT2D eigenvalue weighted by Gasteiger charge is -2.46. The molecule has 42 heavy (non-hydrogen) atoms. The predicted molar refractivity (Wildman–Crippen MR) is 162 cm³/mol. The third-order valence-electron chi connectivity index (χ3n) is 9.76. The lowest BCUT2D eigenvalue weighted by atomic mass is 9.73. The first kappa shape index (κ1) is 27.5. The van der Waals surface area contributed by atoms with E-state index in [4.69, 9.17) is 24.4 Å². The molecule has 222 valence electrons. The van der Waals surface area contributed by atoms with Gasteiger partial charge >= 0.3 is 0 Å². The molecule has 0 unspecified atom stereocenters. The maximum Gasteiger partial charge on any atom is 0.252 e. The van der Waals surface area contributed by atoms with Crippen LogP contribution >= 0.6 is 0 Å². The van der Waals surface area contributed by atoms with Crippen LogP contribution in [0.1, 0.15) is 76.2 Å². The number of aromatic nitrogens is 4. The highest BCUT2D eigenvalue weighted by Gasteiger charge is 2.55. The highest BCUT2D eigenvalue weighted by Crippen LogP contribution is 2.53. The number of rotatable bonds is 5. The van der Waals surface area contributed by atoms with Gasteiger partial charge in [-0.05, 0) is 77.7 Å². The quantitative estimate of drug-likeness (QED) is 0.460. The summed E-state index contributed by atoms with van der Waals surface area (Å²) in [5, 5.41) is 3.30. The molecule has 0 aliphatic carbocycles. The van der Waals surface area contributed by atoms with Crippen molar-refractivity contribution in [3.63, 3.8) is 0 Å². The monoisotopic (exact) mass is 571 g/mol. The van der Waals surface area contributed by atoms with E-state index < -0.39 is 0 Å². The van der Waals surface area contributed by atoms with Crippen LogP contribution in [0.3, 0.4) is 0 Å². The predicted octanol–water partition coefficient (Wildman–Crippen LogP) is 4.87. The molecule has 7 rings (SSSR count). The lowest BCUT2D eigenvalue weighted by molar-refractivity contribution is -0.0893. The van der Waals surface area contributed by atoms with Crippen LogP contribution in [0.2, 0.25) is 0 Å². The molecule has 0 saturated carbocycles. The van der Waals surface area contributed by atoms with Gasteiger partial charge in [0.05, 0.1) is 30.0 Å². The number of ether oxygens (including phenoxy) is 2. The largest absolute Gasteiger partial charge is 0.381 e. The van der Waals surface area contributed by atoms with Gasteiger partial charge in [0.2, 0.25) is 5.95 Å². The SMILES string of the molecule is CN1CCC[C@H]1c1cccc(N2c3nc(Nc4ccn(C5CCOCC5)c(=O)c4)ncc3[C@@]3(C)COC(C)(C)C[C@@H]23)n1. The van der Waals surface area contributed by atoms with Crippen molar-refractivity contribution in [1.29, 1.82) is 0 Å². The fourth-order valence-corrected chi connectivity index (χ4v) is 7.26. The number of fused-ring (bicyclic) bond motifs is 3. The molecule has 3 fully saturated rings. The number of nitrogens with zero attached hydrogens (tertiary/aromatic N) is 6. The van der Waals surface area contributed by atoms with Crippen molar-refractivity contribution in [1.82, 2.24) is 24.4 Å². The summed E-state index contributed by atoms with van der Waals surface area (Å²) in [6.07, 6.45) is 8.64. The molecule has 0 radical (unpaired) electrons. The van der Waals surface area contributed by atoms with E-state index in [1.807, 2.05) is 23.0 Å². The smallest absolute Gasteiger partial charge is 0.252 e. The van der Waals surface area contributed by atoms with Crippen molar-refractivity contribution in [2.24, 2.45) is 0 Å². The Morgan fingerprint density at radius 1 is 1.07 bits per heavy atom. The Morgan fingerprint density at radius 2 is 1.90 bits per heavy atom. The standard InChI is InChI=1S/C32H41N7O3/c1-31(2)18-26-32(3,20-42-31)23-19-33-30(34-21-10-14-38(28(40)17-21)22-11-15-41-16-12-22)36-29(23)39(26)27-9-5-7-24(35-27)25-8-6-13-37(25)4/h5,7,9-10,14,17,19,22,25-26H,6,8,11-13,15-16,18,20H2,1-4H3,(H,33,34,36)/t25-,26+,32+/m0/s1. The van der Waals surface area contributed by atoms with Crippen molar-refractivity contribution in [3.8, 4) is 0 Å². The molecule has 10 heteroatoms. The van der Waals surface area contributed by atoms with E-state index in [2.05, 4.69) is 61.1 Å². The molecule has 0 amide bonds. The minimum atomic E-state index is -0.282. The summed E-state index contributed by atoms with van der Waals surface area (Å²) in [4.78, 5) is 32.8. The number of hydrogen-bond acceptors (Lipinski definition) is 9. The Morgan fingerprint density at radius 3 is 2.67 bits per heavy atom. The number of likely N-dealkylation sites (tertiary alicyclic amines) is 1. The lowest BCUT2D eigenvalue weighted by Crippen LogP contribution is -2.54. The molecule has 3 aromatic heterocycles. The molecule has 0 bridgehead atoms. The number of nitrogens with one attached hydrogen (secondary N) is 1. The highest BCUT2D eigenvalue weighted by molar-refractivity contribution is 5.71. The van der Waals surface area contributed by atoms with Gasteiger partial charge in [0.25, 0.3) is 5.56 Å². The second kappa shape index (κ2) is 10.4. The van der Waals surface area contributed by atoms with Crippen LogP contribution in [0.5, 0.6) is 0 Å². The van der Waals surface area contributed by atoms with Crippen LogP contribution in [0.4, 0.5) is 23.3 Å². The Hall–Kier alpha value is -3.34. The number of hydrogen-bond donors (Lipinski definition) is 1. The summed E-state index contributed by atoms with van der Waals surface area (Å²) < 4.78 is 13.7. The molecule has 7 heterocycles. The van der Waals surface area contributed by atoms with Gasteiger partial charge in [-0.2, -0.15) is 4.98 Å². The zero-order valence-electron chi connectivity index (χ0n) is 25.0. The van der Waals surface area contributed by atoms with Gasteiger partial charge in [0, 0.05) is 54.4 Å². The normalized spacial score (nSPS) is 27.6. The van der Waals surface area contributed by atoms with Crippen LogP contribution in [0.25, 0.3) is 0 Å². The van der Waals surface area contributed by atoms with E-state index >= 15 is 0 Å². The minimum absolute atomic E-state index is 0.0366. The Labute approximate surface area is 247 Å². The van der Waals surface area contributed by atoms with Gasteiger partial charge in [0.15, 0.2) is 0 Å². The van der Waals surface area contributed by atoms with Crippen molar-refractivity contribution in [3.05, 3.63) is 64.3 Å². The van der Waals surface area contributed by atoms with Gasteiger partial charge < -0.3 is 24.3 Å². The topological polar surface area (TPSA) is 97.6 Å². The van der Waals surface area contributed by atoms with Crippen molar-refractivity contribution >= 4 is 23.3 Å². The van der Waals surface area contributed by atoms with Crippen LogP contribution in [0.15, 0.2) is 47.5 Å². The van der Waals surface area contributed by atoms with E-state index in [0.717, 1.165) is 55.1 Å². The summed E-state index contributed by atoms with van der Waals surface area (Å²) in [5.41, 5.74) is 2.25. The third-order valence-corrected chi connectivity index (χ3v) is 9.76. The summed E-state index contributed by atoms with van der Waals surface area (Å²) in [6.45, 7) is 9.63. The van der Waals surface area contributed by atoms with Crippen LogP contribution < -0.4 is 15.8 Å². The zero-order chi connectivity index (χ0) is 29.1. The average molecular weight is 572 g/mol. The third kappa shape index (κ3) is 4.79. The molecule has 0 aromatic carbocycles. The maximum absolute atomic E-state index is 13.0. The van der Waals surface area contributed by atoms with Gasteiger partial charge in [-0.1, -0.05) is 13.0 Å². The Bertz CT molecular complexity index is 1530. The molecule has 0 spiro atoms. The first-order valence-corrected chi connectivity index (χ1v) is 15.3. The molecule has 1 N–H and O–H groups in total. The summed E-state index contributed by atoms with van der Waals surface area (Å²) in [5.74, 6) is 2.21. The first-order chi connectivity index (χ1) is 20.2. The Kier molecular flexibility index (Phi) is 6.83. The molecule has 3 saturated heterocycles. The Balaban J connectivity index is 1.24. The molecule has 10 nitrogen and oxygen atoms in total. The molecular weight excluding hydrogens is 530 g/mol. The van der Waals surface area contributed by atoms with E-state index in [9.17, 15) is 4.79 Å². The van der Waals surface area contributed by atoms with Crippen molar-refractivity contribution < 1.29 is 9.47 Å². The highest BCUT2D eigenvalue weighted by atomic mass is 16.5. The summed E-state index contributed by atoms with van der Waals surface area (Å²) >= 11 is 0. The molecule has 4 aliphatic heterocycles. The van der Waals surface area contributed by atoms with E-state index in [-0.39, 0.29) is 28.7 Å². The second-order valence-electron chi connectivity index (χ2n) is 13.2. The van der Waals surface area contributed by atoms with Crippen molar-refractivity contribution in [2.75, 3.05) is 43.6 Å². The van der Waals surface area contributed by atoms with Gasteiger partial charge in [-0.15, -0.1) is 0 Å². The maximum atomic E-state index is 13.0. The summed E-state index contributed by atoms with van der Waals surface area (Å²) in [7, 11) is 2.18. The average Bonchev–Trinajstić information content (AvgIpc) is 3.51. The molecular formula is C32H41N7O3. The first-order valence-electron chi connectivity index (χ1n) is 15.3. The van der Waals surface area contributed by atoms with E-state index in [0.29, 0.717) is 37.5 Å². The van der Waals surface area contributed by atoms with Crippen molar-refractivity contribution in [2.45, 2.75) is 82.0 Å². The zero-order valence-corrected chi connectivity index (χ0v) is 25.0. The van der Waals surface area contributed by atoms with Crippen LogP contribution in [-0.4, -0.2) is 69.5 Å². The summed E-state index contributed by atoms with van der Waals surface area (Å²) in [6, 6.07) is 10.5. The van der Waals surface area contributed by atoms with Crippen LogP contribution in [0, 0.1) is 0 Å². The molecule has 3 atom stereocenters. The molecule has 4 aliphatic rings. The minimum Gasteiger partial charge on any atom is -0.381 e. The van der Waals surface area contributed by atoms with E-state index in [1.54, 1.807) is 6.07 Å². The fourth-order valence-electron chi connectivity index (χ4n) is 7.26. The number of pyridine rings is 2. The van der Waals surface area contributed by atoms with E-state index in [1.165, 1.54) is 6.42 Å². The van der Waals surface area contributed by atoms with Gasteiger partial charge in [-0.3, -0.25) is 9.69 Å². The van der Waals surface area contributed by atoms with Gasteiger partial charge in [0.1, 0.15) is 11.6 Å². The van der Waals surface area contributed by atoms with Gasteiger partial charge in [-0.25, -0.2) is 9.97 Å². The fraction of sp³-hybridized carbons (Fsp3) is 0.562. The number of anilines is 4. The van der Waals surface area contributed by atoms with Crippen LogP contribution in [-0.2, 0) is 14.9 Å². The second-order valence-corrected chi connectivity index (χ2v) is 13.2.